The second-order valence-corrected chi connectivity index (χ2v) is 7.31. The molecule has 1 saturated heterocycles. The quantitative estimate of drug-likeness (QED) is 0.793. The van der Waals surface area contributed by atoms with Gasteiger partial charge in [-0.1, -0.05) is 48.5 Å². The van der Waals surface area contributed by atoms with Crippen molar-refractivity contribution in [2.75, 3.05) is 4.90 Å². The van der Waals surface area contributed by atoms with Crippen LogP contribution in [-0.2, 0) is 9.59 Å². The maximum absolute atomic E-state index is 13.1. The highest BCUT2D eigenvalue weighted by Crippen LogP contribution is 2.61. The molecule has 2 aromatic carbocycles. The molecule has 2 bridgehead atoms. The lowest BCUT2D eigenvalue weighted by atomic mass is 9.73. The molecular weight excluding hydrogens is 298 g/mol. The van der Waals surface area contributed by atoms with Gasteiger partial charge in [-0.2, -0.15) is 0 Å². The number of imide groups is 1. The molecule has 5 rings (SSSR count). The molecule has 0 radical (unpaired) electrons. The Hall–Kier alpha value is -2.42. The number of amides is 2. The van der Waals surface area contributed by atoms with Gasteiger partial charge in [-0.3, -0.25) is 14.5 Å². The number of hydrogen-bond acceptors (Lipinski definition) is 2. The van der Waals surface area contributed by atoms with Gasteiger partial charge in [-0.15, -0.1) is 0 Å². The van der Waals surface area contributed by atoms with Crippen LogP contribution in [0, 0.1) is 23.7 Å². The van der Waals surface area contributed by atoms with Crippen LogP contribution < -0.4 is 4.90 Å². The summed E-state index contributed by atoms with van der Waals surface area (Å²) in [6.07, 6.45) is 2.06. The summed E-state index contributed by atoms with van der Waals surface area (Å²) in [7, 11) is 0. The number of rotatable bonds is 2. The first kappa shape index (κ1) is 14.0. The fourth-order valence-corrected chi connectivity index (χ4v) is 5.37. The third kappa shape index (κ3) is 1.78. The molecule has 3 heteroatoms. The number of benzene rings is 2. The van der Waals surface area contributed by atoms with Crippen LogP contribution in [0.15, 0.2) is 60.7 Å². The lowest BCUT2D eigenvalue weighted by molar-refractivity contribution is -0.123. The Kier molecular flexibility index (Phi) is 2.93. The third-order valence-electron chi connectivity index (χ3n) is 6.26. The maximum Gasteiger partial charge on any atom is 0.237 e. The Morgan fingerprint density at radius 1 is 0.750 bits per heavy atom. The molecule has 0 aromatic heterocycles. The predicted octanol–water partition coefficient (Wildman–Crippen LogP) is 3.62. The molecule has 24 heavy (non-hydrogen) atoms. The van der Waals surface area contributed by atoms with Crippen LogP contribution in [0.25, 0.3) is 0 Å². The molecule has 120 valence electrons. The molecule has 3 nitrogen and oxygen atoms in total. The van der Waals surface area contributed by atoms with Gasteiger partial charge in [0.05, 0.1) is 17.5 Å². The highest BCUT2D eigenvalue weighted by molar-refractivity contribution is 6.22. The monoisotopic (exact) mass is 317 g/mol. The summed E-state index contributed by atoms with van der Waals surface area (Å²) in [5, 5.41) is 0. The first-order chi connectivity index (χ1) is 11.8. The number of carbonyl (C=O) groups excluding carboxylic acids is 2. The van der Waals surface area contributed by atoms with E-state index in [9.17, 15) is 9.59 Å². The Balaban J connectivity index is 1.50. The van der Waals surface area contributed by atoms with E-state index in [4.69, 9.17) is 0 Å². The fraction of sp³-hybridized carbons (Fsp3) is 0.333. The van der Waals surface area contributed by atoms with Gasteiger partial charge in [0.15, 0.2) is 0 Å². The largest absolute Gasteiger partial charge is 0.274 e. The summed E-state index contributed by atoms with van der Waals surface area (Å²) in [5.74, 6) is 0.914. The topological polar surface area (TPSA) is 37.4 Å². The second-order valence-electron chi connectivity index (χ2n) is 7.31. The van der Waals surface area contributed by atoms with Crippen molar-refractivity contribution >= 4 is 17.5 Å². The molecule has 3 fully saturated rings. The molecule has 2 aromatic rings. The van der Waals surface area contributed by atoms with E-state index in [0.717, 1.165) is 18.5 Å². The molecule has 0 spiro atoms. The van der Waals surface area contributed by atoms with Gasteiger partial charge in [0.1, 0.15) is 0 Å². The van der Waals surface area contributed by atoms with Crippen molar-refractivity contribution in [1.82, 2.24) is 0 Å². The Bertz CT molecular complexity index is 801. The lowest BCUT2D eigenvalue weighted by Gasteiger charge is -2.28. The molecule has 2 saturated carbocycles. The van der Waals surface area contributed by atoms with E-state index in [1.165, 1.54) is 10.5 Å². The van der Waals surface area contributed by atoms with Crippen molar-refractivity contribution < 1.29 is 9.59 Å². The number of hydrogen-bond donors (Lipinski definition) is 0. The van der Waals surface area contributed by atoms with Crippen LogP contribution >= 0.6 is 0 Å². The number of fused-ring (bicyclic) bond motifs is 5. The minimum absolute atomic E-state index is 0.0179. The van der Waals surface area contributed by atoms with Gasteiger partial charge < -0.3 is 0 Å². The van der Waals surface area contributed by atoms with Crippen molar-refractivity contribution in [1.29, 1.82) is 0 Å². The van der Waals surface area contributed by atoms with Crippen LogP contribution in [0.1, 0.15) is 24.3 Å². The number of para-hydroxylation sites is 1. The standard InChI is InChI=1S/C21H19NO2/c23-20-18-14-11-16(13-7-3-1-4-8-13)17(12-14)19(18)21(24)22(20)15-9-5-2-6-10-15/h1-10,14,16-19H,11-12H2/t14-,16+,17-,18-,19+/m1/s1. The molecule has 0 unspecified atom stereocenters. The summed E-state index contributed by atoms with van der Waals surface area (Å²) in [6.45, 7) is 0. The van der Waals surface area contributed by atoms with Crippen molar-refractivity contribution in [3.63, 3.8) is 0 Å². The Labute approximate surface area is 141 Å². The van der Waals surface area contributed by atoms with Crippen LogP contribution in [0.5, 0.6) is 0 Å². The molecule has 1 heterocycles. The minimum Gasteiger partial charge on any atom is -0.274 e. The van der Waals surface area contributed by atoms with Crippen LogP contribution in [0.4, 0.5) is 5.69 Å². The van der Waals surface area contributed by atoms with Gasteiger partial charge >= 0.3 is 0 Å². The van der Waals surface area contributed by atoms with Crippen molar-refractivity contribution in [2.24, 2.45) is 23.7 Å². The van der Waals surface area contributed by atoms with Gasteiger partial charge in [0.2, 0.25) is 11.8 Å². The highest BCUT2D eigenvalue weighted by Gasteiger charge is 2.64. The van der Waals surface area contributed by atoms with Crippen molar-refractivity contribution in [3.05, 3.63) is 66.2 Å². The average Bonchev–Trinajstić information content (AvgIpc) is 3.28. The van der Waals surface area contributed by atoms with Crippen LogP contribution in [0.3, 0.4) is 0 Å². The fourth-order valence-electron chi connectivity index (χ4n) is 5.37. The van der Waals surface area contributed by atoms with Crippen molar-refractivity contribution in [2.45, 2.75) is 18.8 Å². The molecule has 1 aliphatic heterocycles. The average molecular weight is 317 g/mol. The zero-order chi connectivity index (χ0) is 16.3. The summed E-state index contributed by atoms with van der Waals surface area (Å²) in [5.41, 5.74) is 2.04. The highest BCUT2D eigenvalue weighted by atomic mass is 16.2. The Morgan fingerprint density at radius 3 is 2.08 bits per heavy atom. The van der Waals surface area contributed by atoms with E-state index in [-0.39, 0.29) is 23.7 Å². The number of carbonyl (C=O) groups is 2. The molecule has 2 aliphatic carbocycles. The van der Waals surface area contributed by atoms with Crippen molar-refractivity contribution in [3.8, 4) is 0 Å². The van der Waals surface area contributed by atoms with Crippen LogP contribution in [-0.4, -0.2) is 11.8 Å². The van der Waals surface area contributed by atoms with E-state index >= 15 is 0 Å². The van der Waals surface area contributed by atoms with E-state index < -0.39 is 0 Å². The molecule has 2 amide bonds. The van der Waals surface area contributed by atoms with Gasteiger partial charge in [-0.05, 0) is 48.3 Å². The smallest absolute Gasteiger partial charge is 0.237 e. The summed E-state index contributed by atoms with van der Waals surface area (Å²) in [4.78, 5) is 27.5. The van der Waals surface area contributed by atoms with Crippen LogP contribution in [0.2, 0.25) is 0 Å². The maximum atomic E-state index is 13.1. The zero-order valence-corrected chi connectivity index (χ0v) is 13.3. The molecule has 0 N–H and O–H groups in total. The SMILES string of the molecule is O=C1[C@@H]2[C@H]3C[C@@H]([C@@H]2C(=O)N1c1ccccc1)[C@H](c1ccccc1)C3. The molecule has 5 atom stereocenters. The predicted molar refractivity (Wildman–Crippen MR) is 91.3 cm³/mol. The summed E-state index contributed by atoms with van der Waals surface area (Å²) < 4.78 is 0. The normalized spacial score (nSPS) is 34.0. The minimum atomic E-state index is -0.123. The summed E-state index contributed by atoms with van der Waals surface area (Å²) in [6, 6.07) is 19.9. The first-order valence-electron chi connectivity index (χ1n) is 8.73. The molecule has 3 aliphatic rings. The summed E-state index contributed by atoms with van der Waals surface area (Å²) >= 11 is 0. The van der Waals surface area contributed by atoms with E-state index in [2.05, 4.69) is 24.3 Å². The second kappa shape index (κ2) is 5.04. The third-order valence-corrected chi connectivity index (χ3v) is 6.26. The number of anilines is 1. The number of nitrogens with zero attached hydrogens (tertiary/aromatic N) is 1. The van der Waals surface area contributed by atoms with E-state index in [1.807, 2.05) is 36.4 Å². The zero-order valence-electron chi connectivity index (χ0n) is 13.3. The van der Waals surface area contributed by atoms with E-state index in [0.29, 0.717) is 17.8 Å². The molecular formula is C21H19NO2. The van der Waals surface area contributed by atoms with Gasteiger partial charge in [0, 0.05) is 0 Å². The van der Waals surface area contributed by atoms with E-state index in [1.54, 1.807) is 0 Å². The Morgan fingerprint density at radius 2 is 1.38 bits per heavy atom. The first-order valence-corrected chi connectivity index (χ1v) is 8.73. The lowest BCUT2D eigenvalue weighted by Crippen LogP contribution is -2.32. The van der Waals surface area contributed by atoms with Gasteiger partial charge in [-0.25, -0.2) is 0 Å². The van der Waals surface area contributed by atoms with Gasteiger partial charge in [0.25, 0.3) is 0 Å².